The minimum Gasteiger partial charge on any atom is -0.311 e. The Hall–Kier alpha value is -13.1. The van der Waals surface area contributed by atoms with Crippen molar-refractivity contribution < 1.29 is 0 Å². The van der Waals surface area contributed by atoms with Crippen LogP contribution in [0.1, 0.15) is 66.8 Å². The van der Waals surface area contributed by atoms with Gasteiger partial charge in [0.25, 0.3) is 0 Å². The lowest BCUT2D eigenvalue weighted by atomic mass is 9.67. The van der Waals surface area contributed by atoms with E-state index in [-0.39, 0.29) is 0 Å². The van der Waals surface area contributed by atoms with Crippen molar-refractivity contribution in [2.24, 2.45) is 0 Å². The predicted molar refractivity (Wildman–Crippen MR) is 426 cm³/mol. The highest BCUT2D eigenvalue weighted by Gasteiger charge is 2.47. The average molecular weight is 1300 g/mol. The first-order valence-corrected chi connectivity index (χ1v) is 35.3. The van der Waals surface area contributed by atoms with Crippen LogP contribution in [0.2, 0.25) is 0 Å². The zero-order chi connectivity index (χ0) is 67.8. The summed E-state index contributed by atoms with van der Waals surface area (Å²) in [5, 5.41) is 0. The predicted octanol–water partition coefficient (Wildman–Crippen LogP) is 25.7. The van der Waals surface area contributed by atoms with Crippen molar-refractivity contribution in [3.8, 4) is 44.5 Å². The first-order chi connectivity index (χ1) is 50.6. The van der Waals surface area contributed by atoms with Gasteiger partial charge in [0.1, 0.15) is 0 Å². The van der Waals surface area contributed by atoms with Gasteiger partial charge in [0.05, 0.1) is 10.8 Å². The van der Waals surface area contributed by atoms with Crippen LogP contribution in [0.4, 0.5) is 34.1 Å². The van der Waals surface area contributed by atoms with Crippen LogP contribution >= 0.6 is 0 Å². The fourth-order valence-corrected chi connectivity index (χ4v) is 16.6. The van der Waals surface area contributed by atoms with Crippen molar-refractivity contribution in [3.05, 3.63) is 491 Å². The molecule has 480 valence electrons. The van der Waals surface area contributed by atoms with Gasteiger partial charge in [0, 0.05) is 34.1 Å². The van der Waals surface area contributed by atoms with E-state index >= 15 is 0 Å². The van der Waals surface area contributed by atoms with Crippen LogP contribution < -0.4 is 9.80 Å². The van der Waals surface area contributed by atoms with E-state index in [0.29, 0.717) is 0 Å². The number of rotatable bonds is 16. The normalized spacial score (nSPS) is 12.7. The number of hydrogen-bond acceptors (Lipinski definition) is 2. The summed E-state index contributed by atoms with van der Waals surface area (Å²) in [4.78, 5) is 4.67. The third kappa shape index (κ3) is 10.5. The molecule has 16 aromatic rings. The van der Waals surface area contributed by atoms with E-state index in [1.807, 2.05) is 0 Å². The summed E-state index contributed by atoms with van der Waals surface area (Å²) >= 11 is 0. The van der Waals surface area contributed by atoms with Gasteiger partial charge < -0.3 is 9.80 Å². The van der Waals surface area contributed by atoms with Crippen molar-refractivity contribution >= 4 is 45.3 Å². The molecule has 2 aliphatic carbocycles. The van der Waals surface area contributed by atoms with E-state index in [9.17, 15) is 0 Å². The molecule has 0 amide bonds. The zero-order valence-electron chi connectivity index (χ0n) is 56.3. The van der Waals surface area contributed by atoms with Crippen molar-refractivity contribution in [1.29, 1.82) is 0 Å². The van der Waals surface area contributed by atoms with Gasteiger partial charge in [-0.15, -0.1) is 0 Å². The van der Waals surface area contributed by atoms with Gasteiger partial charge in [-0.25, -0.2) is 0 Å². The maximum atomic E-state index is 2.37. The van der Waals surface area contributed by atoms with Crippen molar-refractivity contribution in [2.45, 2.75) is 10.8 Å². The first-order valence-electron chi connectivity index (χ1n) is 35.3. The summed E-state index contributed by atoms with van der Waals surface area (Å²) < 4.78 is 0. The molecule has 0 N–H and O–H groups in total. The Morgan fingerprint density at radius 1 is 0.157 bits per heavy atom. The fourth-order valence-electron chi connectivity index (χ4n) is 16.6. The topological polar surface area (TPSA) is 6.48 Å². The number of anilines is 6. The van der Waals surface area contributed by atoms with E-state index in [1.165, 1.54) is 77.9 Å². The molecular weight excluding hydrogens is 1230 g/mol. The third-order valence-corrected chi connectivity index (χ3v) is 21.1. The summed E-state index contributed by atoms with van der Waals surface area (Å²) in [7, 11) is 0. The molecule has 0 bridgehead atoms. The van der Waals surface area contributed by atoms with Gasteiger partial charge >= 0.3 is 0 Å². The molecule has 102 heavy (non-hydrogen) atoms. The van der Waals surface area contributed by atoms with Crippen LogP contribution in [0.15, 0.2) is 425 Å². The molecule has 0 aromatic heterocycles. The molecule has 18 rings (SSSR count). The fraction of sp³-hybridized carbons (Fsp3) is 0.0200. The van der Waals surface area contributed by atoms with Crippen LogP contribution in [0.5, 0.6) is 0 Å². The summed E-state index contributed by atoms with van der Waals surface area (Å²) in [6.45, 7) is 0. The molecule has 0 fully saturated rings. The van der Waals surface area contributed by atoms with E-state index in [0.717, 1.165) is 78.6 Å². The highest BCUT2D eigenvalue weighted by Crippen LogP contribution is 2.59. The molecule has 0 heterocycles. The van der Waals surface area contributed by atoms with Gasteiger partial charge in [-0.1, -0.05) is 352 Å². The molecule has 0 atom stereocenters. The Bertz CT molecular complexity index is 5130. The molecule has 0 unspecified atom stereocenters. The van der Waals surface area contributed by atoms with Crippen molar-refractivity contribution in [2.75, 3.05) is 9.80 Å². The SMILES string of the molecule is c1ccc(C(=C(c2ccc(-c3ccc(C4(c5ccc(N(c6ccccc6)c6ccccc6)cc5)c5ccccc5-c5ccccc54)cc3)cc2)c2ccc(-c3ccc(C4(c5ccc(N(c6ccccc6)c6ccccc6)cc5)c5ccccc5-c5ccccc54)cc3)cc2)c2ccccc2)cc1. The van der Waals surface area contributed by atoms with Crippen LogP contribution in [-0.4, -0.2) is 0 Å². The second-order valence-electron chi connectivity index (χ2n) is 26.6. The molecule has 0 spiro atoms. The number of para-hydroxylation sites is 4. The quantitative estimate of drug-likeness (QED) is 0.0890. The van der Waals surface area contributed by atoms with Gasteiger partial charge in [-0.3, -0.25) is 0 Å². The Kier molecular flexibility index (Phi) is 15.8. The maximum Gasteiger partial charge on any atom is 0.0713 e. The molecule has 0 radical (unpaired) electrons. The van der Waals surface area contributed by atoms with Crippen LogP contribution in [0.25, 0.3) is 55.7 Å². The molecule has 0 aliphatic heterocycles. The highest BCUT2D eigenvalue weighted by atomic mass is 15.1. The van der Waals surface area contributed by atoms with Gasteiger partial charge in [0.2, 0.25) is 0 Å². The summed E-state index contributed by atoms with van der Waals surface area (Å²) in [5.41, 5.74) is 32.2. The lowest BCUT2D eigenvalue weighted by Gasteiger charge is -2.34. The maximum absolute atomic E-state index is 2.37. The van der Waals surface area contributed by atoms with Gasteiger partial charge in [-0.2, -0.15) is 0 Å². The molecule has 2 heteroatoms. The summed E-state index contributed by atoms with van der Waals surface area (Å²) in [6, 6.07) is 156. The van der Waals surface area contributed by atoms with E-state index in [1.54, 1.807) is 0 Å². The molecule has 0 saturated carbocycles. The smallest absolute Gasteiger partial charge is 0.0713 e. The average Bonchev–Trinajstić information content (AvgIpc) is 1.54. The van der Waals surface area contributed by atoms with Crippen molar-refractivity contribution in [3.63, 3.8) is 0 Å². The van der Waals surface area contributed by atoms with Crippen LogP contribution in [0, 0.1) is 0 Å². The Labute approximate surface area is 598 Å². The summed E-state index contributed by atoms with van der Waals surface area (Å²) in [6.07, 6.45) is 0. The largest absolute Gasteiger partial charge is 0.311 e. The minimum atomic E-state index is -0.565. The zero-order valence-corrected chi connectivity index (χ0v) is 56.3. The van der Waals surface area contributed by atoms with Gasteiger partial charge in [0.15, 0.2) is 0 Å². The number of fused-ring (bicyclic) bond motifs is 6. The van der Waals surface area contributed by atoms with Crippen molar-refractivity contribution in [1.82, 2.24) is 0 Å². The van der Waals surface area contributed by atoms with Crippen LogP contribution in [-0.2, 0) is 10.8 Å². The molecule has 2 nitrogen and oxygen atoms in total. The Balaban J connectivity index is 0.699. The molecule has 16 aromatic carbocycles. The van der Waals surface area contributed by atoms with E-state index in [4.69, 9.17) is 0 Å². The first kappa shape index (κ1) is 61.2. The van der Waals surface area contributed by atoms with E-state index in [2.05, 4.69) is 434 Å². The van der Waals surface area contributed by atoms with Crippen LogP contribution in [0.3, 0.4) is 0 Å². The number of benzene rings is 16. The standard InChI is InChI=1S/C100H70N2/c1-7-27-75(28-8-1)97(76-29-9-2-10-30-76)98(77-51-47-71(48-52-77)73-55-59-79(60-56-73)99(93-43-23-19-39-89(93)90-40-20-24-44-94(90)99)81-63-67-87(68-64-81)101(83-31-11-3-12-32-83)84-33-13-4-14-34-84)78-53-49-72(50-54-78)74-57-61-80(62-58-74)100(95-45-25-21-41-91(95)92-42-22-26-46-96(92)100)82-65-69-88(70-66-82)102(85-35-15-5-16-36-85)86-37-17-6-18-38-86/h1-70H. The second kappa shape index (κ2) is 26.3. The summed E-state index contributed by atoms with van der Waals surface area (Å²) in [5.74, 6) is 0. The second-order valence-corrected chi connectivity index (χ2v) is 26.6. The molecule has 2 aliphatic rings. The lowest BCUT2D eigenvalue weighted by molar-refractivity contribution is 0.768. The molecular formula is C100H70N2. The Morgan fingerprint density at radius 2 is 0.343 bits per heavy atom. The lowest BCUT2D eigenvalue weighted by Crippen LogP contribution is -2.28. The highest BCUT2D eigenvalue weighted by molar-refractivity contribution is 6.05. The van der Waals surface area contributed by atoms with E-state index < -0.39 is 10.8 Å². The Morgan fingerprint density at radius 3 is 0.598 bits per heavy atom. The third-order valence-electron chi connectivity index (χ3n) is 21.1. The molecule has 0 saturated heterocycles. The monoisotopic (exact) mass is 1300 g/mol. The number of hydrogen-bond donors (Lipinski definition) is 0. The van der Waals surface area contributed by atoms with Gasteiger partial charge in [-0.05, 0) is 195 Å². The minimum absolute atomic E-state index is 0.565. The number of nitrogens with zero attached hydrogens (tertiary/aromatic N) is 2.